The van der Waals surface area contributed by atoms with Crippen LogP contribution in [-0.2, 0) is 19.6 Å². The van der Waals surface area contributed by atoms with E-state index in [1.807, 2.05) is 0 Å². The van der Waals surface area contributed by atoms with Gasteiger partial charge in [-0.1, -0.05) is 0 Å². The van der Waals surface area contributed by atoms with Gasteiger partial charge in [0.15, 0.2) is 0 Å². The Kier molecular flexibility index (Phi) is 7.17. The molecule has 1 N–H and O–H groups in total. The lowest BCUT2D eigenvalue weighted by molar-refractivity contribution is -0.396. The van der Waals surface area contributed by atoms with Crippen LogP contribution >= 0.6 is 0 Å². The number of nitrogens with one attached hydrogen (secondary N) is 1. The van der Waals surface area contributed by atoms with Crippen molar-refractivity contribution in [2.75, 3.05) is 18.9 Å². The van der Waals surface area contributed by atoms with Crippen LogP contribution in [0.25, 0.3) is 0 Å². The van der Waals surface area contributed by atoms with Gasteiger partial charge in [0.1, 0.15) is 6.54 Å². The molecule has 150 valence electrons. The zero-order chi connectivity index (χ0) is 20.3. The lowest BCUT2D eigenvalue weighted by Crippen LogP contribution is -2.61. The first kappa shape index (κ1) is 23.8. The average molecular weight is 413 g/mol. The predicted octanol–water partition coefficient (Wildman–Crippen LogP) is 2.33. The fourth-order valence-corrected chi connectivity index (χ4v) is 2.29. The van der Waals surface area contributed by atoms with Gasteiger partial charge in [0.05, 0.1) is 12.4 Å². The molecular formula is C10H12F9NO4S. The summed E-state index contributed by atoms with van der Waals surface area (Å²) in [6.45, 7) is 0.101. The maximum absolute atomic E-state index is 13.2. The Morgan fingerprint density at radius 3 is 1.84 bits per heavy atom. The highest BCUT2D eigenvalue weighted by Gasteiger charge is 2.81. The molecule has 15 heteroatoms. The second-order valence-corrected chi connectivity index (χ2v) is 6.47. The van der Waals surface area contributed by atoms with E-state index in [1.54, 1.807) is 0 Å². The second-order valence-electron chi connectivity index (χ2n) is 4.55. The van der Waals surface area contributed by atoms with Gasteiger partial charge in [-0.15, -0.1) is 0 Å². The first-order valence-corrected chi connectivity index (χ1v) is 7.89. The molecule has 0 aliphatic heterocycles. The van der Waals surface area contributed by atoms with E-state index in [4.69, 9.17) is 0 Å². The van der Waals surface area contributed by atoms with Gasteiger partial charge in [0.25, 0.3) is 0 Å². The molecule has 0 aromatic heterocycles. The first-order valence-electron chi connectivity index (χ1n) is 6.24. The summed E-state index contributed by atoms with van der Waals surface area (Å²) in [5.74, 6) is -23.1. The van der Waals surface area contributed by atoms with E-state index in [0.29, 0.717) is 0 Å². The first-order chi connectivity index (χ1) is 10.9. The third-order valence-electron chi connectivity index (χ3n) is 2.64. The largest absolute Gasteiger partial charge is 0.465 e. The van der Waals surface area contributed by atoms with Gasteiger partial charge in [0.2, 0.25) is 10.0 Å². The maximum atomic E-state index is 13.2. The summed E-state index contributed by atoms with van der Waals surface area (Å²) in [7, 11) is -4.86. The Morgan fingerprint density at radius 1 is 0.960 bits per heavy atom. The van der Waals surface area contributed by atoms with Crippen molar-refractivity contribution in [3.63, 3.8) is 0 Å². The molecule has 0 saturated heterocycles. The zero-order valence-electron chi connectivity index (χ0n) is 12.3. The van der Waals surface area contributed by atoms with Crippen molar-refractivity contribution in [2.24, 2.45) is 0 Å². The smallest absolute Gasteiger partial charge is 0.460 e. The topological polar surface area (TPSA) is 72.5 Å². The predicted molar refractivity (Wildman–Crippen MR) is 63.9 cm³/mol. The summed E-state index contributed by atoms with van der Waals surface area (Å²) >= 11 is 0. The van der Waals surface area contributed by atoms with Gasteiger partial charge < -0.3 is 4.74 Å². The number of rotatable bonds is 9. The lowest BCUT2D eigenvalue weighted by atomic mass is 10.0. The normalized spacial score (nSPS) is 14.5. The van der Waals surface area contributed by atoms with Crippen molar-refractivity contribution in [1.82, 2.24) is 4.72 Å². The molecule has 0 unspecified atom stereocenters. The molecule has 25 heavy (non-hydrogen) atoms. The molecule has 0 atom stereocenters. The average Bonchev–Trinajstić information content (AvgIpc) is 2.42. The number of hydrogen-bond donors (Lipinski definition) is 1. The van der Waals surface area contributed by atoms with Crippen LogP contribution in [0.2, 0.25) is 0 Å². The van der Waals surface area contributed by atoms with Crippen LogP contribution < -0.4 is 4.72 Å². The van der Waals surface area contributed by atoms with E-state index in [2.05, 4.69) is 4.74 Å². The van der Waals surface area contributed by atoms with Crippen LogP contribution in [0.4, 0.5) is 39.5 Å². The number of alkyl halides is 9. The summed E-state index contributed by atoms with van der Waals surface area (Å²) in [6, 6.07) is 0. The Hall–Kier alpha value is -1.25. The van der Waals surface area contributed by atoms with Crippen molar-refractivity contribution >= 4 is 16.0 Å². The molecule has 0 heterocycles. The van der Waals surface area contributed by atoms with Gasteiger partial charge in [-0.25, -0.2) is 13.1 Å². The Bertz CT molecular complexity index is 573. The number of carbonyl (C=O) groups is 1. The highest BCUT2D eigenvalue weighted by atomic mass is 32.2. The standard InChI is InChI=1S/C10H12F9NO4S/c1-2-24-6(21)5-20-25(22,23)4-3-7(11,12)8(13,14)9(15,16)10(17,18)19/h20H,2-5H2,1H3. The van der Waals surface area contributed by atoms with E-state index in [-0.39, 0.29) is 6.61 Å². The van der Waals surface area contributed by atoms with Crippen molar-refractivity contribution < 1.29 is 57.5 Å². The van der Waals surface area contributed by atoms with E-state index < -0.39 is 58.7 Å². The molecule has 0 saturated carbocycles. The van der Waals surface area contributed by atoms with Crippen LogP contribution in [0.15, 0.2) is 0 Å². The van der Waals surface area contributed by atoms with Gasteiger partial charge >= 0.3 is 29.9 Å². The lowest BCUT2D eigenvalue weighted by Gasteiger charge is -2.33. The van der Waals surface area contributed by atoms with Crippen molar-refractivity contribution in [2.45, 2.75) is 37.3 Å². The number of sulfonamides is 1. The van der Waals surface area contributed by atoms with E-state index >= 15 is 0 Å². The molecule has 5 nitrogen and oxygen atoms in total. The molecule has 0 radical (unpaired) electrons. The van der Waals surface area contributed by atoms with Gasteiger partial charge in [0, 0.05) is 6.42 Å². The monoisotopic (exact) mass is 413 g/mol. The van der Waals surface area contributed by atoms with Crippen LogP contribution in [0.3, 0.4) is 0 Å². The van der Waals surface area contributed by atoms with Crippen molar-refractivity contribution in [1.29, 1.82) is 0 Å². The van der Waals surface area contributed by atoms with Crippen LogP contribution in [0.1, 0.15) is 13.3 Å². The molecule has 0 aliphatic carbocycles. The second kappa shape index (κ2) is 7.55. The number of esters is 1. The van der Waals surface area contributed by atoms with Gasteiger partial charge in [-0.2, -0.15) is 39.5 Å². The molecule has 0 bridgehead atoms. The fraction of sp³-hybridized carbons (Fsp3) is 0.900. The number of hydrogen-bond acceptors (Lipinski definition) is 4. The van der Waals surface area contributed by atoms with Crippen LogP contribution in [0.5, 0.6) is 0 Å². The van der Waals surface area contributed by atoms with E-state index in [9.17, 15) is 52.7 Å². The number of ether oxygens (including phenoxy) is 1. The minimum atomic E-state index is -7.09. The molecule has 0 aromatic rings. The summed E-state index contributed by atoms with van der Waals surface area (Å²) in [4.78, 5) is 10.9. The quantitative estimate of drug-likeness (QED) is 0.465. The Morgan fingerprint density at radius 2 is 1.44 bits per heavy atom. The van der Waals surface area contributed by atoms with Crippen LogP contribution in [-0.4, -0.2) is 57.2 Å². The highest BCUT2D eigenvalue weighted by Crippen LogP contribution is 2.53. The number of halogens is 9. The number of carbonyl (C=O) groups excluding carboxylic acids is 1. The molecule has 0 amide bonds. The van der Waals surface area contributed by atoms with Gasteiger partial charge in [-0.05, 0) is 6.92 Å². The van der Waals surface area contributed by atoms with Crippen molar-refractivity contribution in [3.8, 4) is 0 Å². The Labute approximate surface area is 135 Å². The fourth-order valence-electron chi connectivity index (χ4n) is 1.28. The molecule has 0 aromatic carbocycles. The molecule has 0 rings (SSSR count). The maximum Gasteiger partial charge on any atom is 0.460 e. The summed E-state index contributed by atoms with van der Waals surface area (Å²) in [5.41, 5.74) is 0. The van der Waals surface area contributed by atoms with Crippen LogP contribution in [0, 0.1) is 0 Å². The highest BCUT2D eigenvalue weighted by molar-refractivity contribution is 7.89. The summed E-state index contributed by atoms with van der Waals surface area (Å²) in [6.07, 6.45) is -9.54. The summed E-state index contributed by atoms with van der Waals surface area (Å²) < 4.78 is 141. The third kappa shape index (κ3) is 5.62. The third-order valence-corrected chi connectivity index (χ3v) is 3.96. The summed E-state index contributed by atoms with van der Waals surface area (Å²) in [5, 5.41) is 0. The SMILES string of the molecule is CCOC(=O)CNS(=O)(=O)CCC(F)(F)C(F)(F)C(F)(F)C(F)(F)F. The van der Waals surface area contributed by atoms with E-state index in [1.165, 1.54) is 11.6 Å². The molecular weight excluding hydrogens is 401 g/mol. The zero-order valence-corrected chi connectivity index (χ0v) is 13.1. The van der Waals surface area contributed by atoms with Crippen molar-refractivity contribution in [3.05, 3.63) is 0 Å². The van der Waals surface area contributed by atoms with Gasteiger partial charge in [-0.3, -0.25) is 4.79 Å². The minimum Gasteiger partial charge on any atom is -0.465 e. The minimum absolute atomic E-state index is 0.169. The molecule has 0 aliphatic rings. The van der Waals surface area contributed by atoms with E-state index in [0.717, 1.165) is 0 Å². The Balaban J connectivity index is 5.11. The molecule has 0 spiro atoms. The molecule has 0 fully saturated rings.